The minimum absolute atomic E-state index is 0.0583. The lowest BCUT2D eigenvalue weighted by Crippen LogP contribution is -2.48. The predicted octanol–water partition coefficient (Wildman–Crippen LogP) is 0.255. The molecule has 1 rings (SSSR count). The highest BCUT2D eigenvalue weighted by Crippen LogP contribution is 2.17. The Bertz CT molecular complexity index is 375. The van der Waals surface area contributed by atoms with Gasteiger partial charge in [0.15, 0.2) is 0 Å². The molecule has 120 valence electrons. The first kappa shape index (κ1) is 17.8. The molecule has 20 heavy (non-hydrogen) atoms. The molecule has 0 aromatic rings. The molecule has 0 aromatic carbocycles. The average Bonchev–Trinajstić information content (AvgIpc) is 2.46. The second kappa shape index (κ2) is 8.29. The van der Waals surface area contributed by atoms with E-state index in [1.807, 2.05) is 7.05 Å². The van der Waals surface area contributed by atoms with Crippen LogP contribution in [-0.4, -0.2) is 68.6 Å². The van der Waals surface area contributed by atoms with Crippen LogP contribution in [0, 0.1) is 5.92 Å². The smallest absolute Gasteiger partial charge is 0.279 e. The van der Waals surface area contributed by atoms with Gasteiger partial charge in [0.05, 0.1) is 0 Å². The predicted molar refractivity (Wildman–Crippen MR) is 80.7 cm³/mol. The number of hydrogen-bond acceptors (Lipinski definition) is 4. The van der Waals surface area contributed by atoms with Gasteiger partial charge in [0, 0.05) is 38.8 Å². The van der Waals surface area contributed by atoms with Crippen LogP contribution in [0.2, 0.25) is 0 Å². The van der Waals surface area contributed by atoms with Gasteiger partial charge in [0.25, 0.3) is 10.2 Å². The van der Waals surface area contributed by atoms with Crippen LogP contribution < -0.4 is 4.72 Å². The summed E-state index contributed by atoms with van der Waals surface area (Å²) in [5.74, 6) is 0.0723. The third-order valence-electron chi connectivity index (χ3n) is 4.17. The number of nitrogens with zero attached hydrogens (tertiary/aromatic N) is 2. The lowest BCUT2D eigenvalue weighted by atomic mass is 10.0. The van der Waals surface area contributed by atoms with E-state index in [1.165, 1.54) is 4.31 Å². The lowest BCUT2D eigenvalue weighted by molar-refractivity contribution is 0.164. The number of piperidine rings is 1. The summed E-state index contributed by atoms with van der Waals surface area (Å²) >= 11 is 0. The summed E-state index contributed by atoms with van der Waals surface area (Å²) in [5.41, 5.74) is 0. The minimum atomic E-state index is -3.41. The highest BCUT2D eigenvalue weighted by Gasteiger charge is 2.28. The Labute approximate surface area is 123 Å². The fourth-order valence-electron chi connectivity index (χ4n) is 2.37. The van der Waals surface area contributed by atoms with Crippen LogP contribution in [0.4, 0.5) is 0 Å². The highest BCUT2D eigenvalue weighted by molar-refractivity contribution is 7.87. The molecule has 7 heteroatoms. The molecule has 0 aliphatic carbocycles. The molecule has 0 saturated carbocycles. The molecule has 0 amide bonds. The van der Waals surface area contributed by atoms with Gasteiger partial charge in [-0.15, -0.1) is 0 Å². The molecule has 2 unspecified atom stereocenters. The molecule has 1 aliphatic heterocycles. The molecular weight excluding hydrogens is 278 g/mol. The van der Waals surface area contributed by atoms with Gasteiger partial charge >= 0.3 is 0 Å². The topological polar surface area (TPSA) is 72.9 Å². The van der Waals surface area contributed by atoms with Crippen molar-refractivity contribution in [3.05, 3.63) is 0 Å². The maximum absolute atomic E-state index is 12.2. The van der Waals surface area contributed by atoms with Crippen molar-refractivity contribution in [3.63, 3.8) is 0 Å². The Balaban J connectivity index is 2.41. The van der Waals surface area contributed by atoms with Crippen molar-refractivity contribution in [3.8, 4) is 0 Å². The molecule has 0 radical (unpaired) electrons. The largest absolute Gasteiger partial charge is 0.396 e. The van der Waals surface area contributed by atoms with Crippen molar-refractivity contribution < 1.29 is 13.5 Å². The first-order valence-electron chi connectivity index (χ1n) is 7.46. The molecule has 1 heterocycles. The maximum Gasteiger partial charge on any atom is 0.279 e. The highest BCUT2D eigenvalue weighted by atomic mass is 32.2. The molecule has 1 saturated heterocycles. The molecule has 0 bridgehead atoms. The van der Waals surface area contributed by atoms with Gasteiger partial charge in [-0.05, 0) is 39.2 Å². The van der Waals surface area contributed by atoms with Gasteiger partial charge in [-0.3, -0.25) is 0 Å². The zero-order valence-electron chi connectivity index (χ0n) is 12.9. The van der Waals surface area contributed by atoms with Crippen molar-refractivity contribution in [2.45, 2.75) is 39.2 Å². The zero-order chi connectivity index (χ0) is 15.2. The Kier molecular flexibility index (Phi) is 7.39. The summed E-state index contributed by atoms with van der Waals surface area (Å²) in [5, 5.41) is 9.16. The van der Waals surface area contributed by atoms with Gasteiger partial charge in [0.1, 0.15) is 0 Å². The summed E-state index contributed by atoms with van der Waals surface area (Å²) in [6.45, 7) is 6.40. The van der Waals surface area contributed by atoms with Crippen LogP contribution >= 0.6 is 0 Å². The molecule has 6 nitrogen and oxygen atoms in total. The fourth-order valence-corrected chi connectivity index (χ4v) is 3.68. The molecule has 1 aliphatic rings. The second-order valence-corrected chi connectivity index (χ2v) is 7.44. The number of rotatable bonds is 8. The van der Waals surface area contributed by atoms with E-state index < -0.39 is 10.2 Å². The number of nitrogens with one attached hydrogen (secondary N) is 1. The summed E-state index contributed by atoms with van der Waals surface area (Å²) in [4.78, 5) is 2.15. The first-order valence-corrected chi connectivity index (χ1v) is 8.90. The van der Waals surface area contributed by atoms with Gasteiger partial charge in [0.2, 0.25) is 0 Å². The molecule has 2 N–H and O–H groups in total. The molecule has 0 spiro atoms. The third kappa shape index (κ3) is 5.29. The first-order chi connectivity index (χ1) is 9.40. The Morgan fingerprint density at radius 2 is 2.20 bits per heavy atom. The summed E-state index contributed by atoms with van der Waals surface area (Å²) in [6.07, 6.45) is 2.77. The lowest BCUT2D eigenvalue weighted by Gasteiger charge is -2.31. The maximum atomic E-state index is 12.2. The van der Waals surface area contributed by atoms with Crippen molar-refractivity contribution in [1.82, 2.24) is 13.9 Å². The van der Waals surface area contributed by atoms with Gasteiger partial charge in [-0.1, -0.05) is 6.92 Å². The monoisotopic (exact) mass is 307 g/mol. The average molecular weight is 307 g/mol. The van der Waals surface area contributed by atoms with Crippen molar-refractivity contribution in [1.29, 1.82) is 0 Å². The zero-order valence-corrected chi connectivity index (χ0v) is 13.7. The molecular formula is C13H29N3O3S. The molecule has 1 fully saturated rings. The number of hydrogen-bond donors (Lipinski definition) is 2. The standard InChI is InChI=1S/C13H29N3O3S/c1-4-12(2)15(3)9-7-14-20(18,19)16-8-5-6-13(10-16)11-17/h12-14,17H,4-11H2,1-3H3. The summed E-state index contributed by atoms with van der Waals surface area (Å²) < 4.78 is 28.5. The normalized spacial score (nSPS) is 23.1. The minimum Gasteiger partial charge on any atom is -0.396 e. The van der Waals surface area contributed by atoms with E-state index >= 15 is 0 Å². The van der Waals surface area contributed by atoms with Gasteiger partial charge in [-0.25, -0.2) is 4.72 Å². The van der Waals surface area contributed by atoms with Crippen LogP contribution in [0.5, 0.6) is 0 Å². The molecule has 0 aromatic heterocycles. The molecule has 2 atom stereocenters. The number of aliphatic hydroxyl groups is 1. The van der Waals surface area contributed by atoms with Crippen LogP contribution in [0.15, 0.2) is 0 Å². The van der Waals surface area contributed by atoms with Gasteiger partial charge < -0.3 is 10.0 Å². The quantitative estimate of drug-likeness (QED) is 0.674. The Hall–Kier alpha value is -0.210. The second-order valence-electron chi connectivity index (χ2n) is 5.69. The van der Waals surface area contributed by atoms with Crippen LogP contribution in [0.25, 0.3) is 0 Å². The Morgan fingerprint density at radius 1 is 1.50 bits per heavy atom. The van der Waals surface area contributed by atoms with E-state index in [0.29, 0.717) is 32.2 Å². The van der Waals surface area contributed by atoms with E-state index in [9.17, 15) is 8.42 Å². The van der Waals surface area contributed by atoms with Crippen LogP contribution in [0.1, 0.15) is 33.1 Å². The van der Waals surface area contributed by atoms with Crippen molar-refractivity contribution >= 4 is 10.2 Å². The van der Waals surface area contributed by atoms with Crippen LogP contribution in [0.3, 0.4) is 0 Å². The van der Waals surface area contributed by atoms with Crippen LogP contribution in [-0.2, 0) is 10.2 Å². The van der Waals surface area contributed by atoms with E-state index in [0.717, 1.165) is 19.3 Å². The summed E-state index contributed by atoms with van der Waals surface area (Å²) in [7, 11) is -1.40. The van der Waals surface area contributed by atoms with Crippen molar-refractivity contribution in [2.24, 2.45) is 5.92 Å². The van der Waals surface area contributed by atoms with E-state index in [-0.39, 0.29) is 12.5 Å². The van der Waals surface area contributed by atoms with E-state index in [1.54, 1.807) is 0 Å². The SMILES string of the molecule is CCC(C)N(C)CCNS(=O)(=O)N1CCCC(CO)C1. The van der Waals surface area contributed by atoms with E-state index in [2.05, 4.69) is 23.5 Å². The van der Waals surface area contributed by atoms with Gasteiger partial charge in [-0.2, -0.15) is 12.7 Å². The van der Waals surface area contributed by atoms with E-state index in [4.69, 9.17) is 5.11 Å². The van der Waals surface area contributed by atoms with Crippen molar-refractivity contribution in [2.75, 3.05) is 39.8 Å². The third-order valence-corrected chi connectivity index (χ3v) is 5.75. The Morgan fingerprint density at radius 3 is 2.80 bits per heavy atom. The fraction of sp³-hybridized carbons (Fsp3) is 1.00. The number of aliphatic hydroxyl groups excluding tert-OH is 1. The summed E-state index contributed by atoms with van der Waals surface area (Å²) in [6, 6.07) is 0.452. The number of likely N-dealkylation sites (N-methyl/N-ethyl adjacent to an activating group) is 1.